The zero-order valence-corrected chi connectivity index (χ0v) is 26.2. The lowest BCUT2D eigenvalue weighted by Gasteiger charge is -2.36. The molecular weight excluding hydrogens is 585 g/mol. The number of hydrogen-bond donors (Lipinski definition) is 2. The van der Waals surface area contributed by atoms with Crippen LogP contribution in [-0.4, -0.2) is 81.4 Å². The first-order chi connectivity index (χ1) is 21.1. The van der Waals surface area contributed by atoms with Gasteiger partial charge in [0, 0.05) is 79.7 Å². The van der Waals surface area contributed by atoms with Crippen molar-refractivity contribution >= 4 is 38.3 Å². The summed E-state index contributed by atoms with van der Waals surface area (Å²) in [7, 11) is 0. The summed E-state index contributed by atoms with van der Waals surface area (Å²) in [5, 5.41) is 18.8. The van der Waals surface area contributed by atoms with Crippen LogP contribution >= 0.6 is 11.3 Å². The van der Waals surface area contributed by atoms with Crippen molar-refractivity contribution in [1.29, 1.82) is 5.26 Å². The fourth-order valence-electron chi connectivity index (χ4n) is 6.70. The maximum Gasteiger partial charge on any atom is 0.393 e. The third kappa shape index (κ3) is 6.71. The minimum absolute atomic E-state index is 0.187. The number of thiophene rings is 1. The van der Waals surface area contributed by atoms with E-state index in [2.05, 4.69) is 73.9 Å². The molecular formula is C32H39F3N8S. The Hall–Kier alpha value is -3.24. The number of hydrogen-bond acceptors (Lipinski definition) is 8. The Morgan fingerprint density at radius 1 is 1.16 bits per heavy atom. The molecule has 0 spiro atoms. The van der Waals surface area contributed by atoms with Crippen LogP contribution in [0.4, 0.5) is 19.0 Å². The molecule has 2 N–H and O–H groups in total. The highest BCUT2D eigenvalue weighted by molar-refractivity contribution is 7.18. The second-order valence-electron chi connectivity index (χ2n) is 12.4. The maximum absolute atomic E-state index is 12.9. The van der Waals surface area contributed by atoms with Gasteiger partial charge in [0.2, 0.25) is 0 Å². The molecule has 234 valence electrons. The Bertz CT molecular complexity index is 1660. The van der Waals surface area contributed by atoms with Gasteiger partial charge in [-0.3, -0.25) is 9.80 Å². The van der Waals surface area contributed by atoms with Gasteiger partial charge in [-0.15, -0.1) is 11.3 Å². The summed E-state index contributed by atoms with van der Waals surface area (Å²) >= 11 is 1.07. The van der Waals surface area contributed by atoms with Gasteiger partial charge >= 0.3 is 6.18 Å². The molecule has 0 unspecified atom stereocenters. The minimum Gasteiger partial charge on any atom is -0.367 e. The standard InChI is InChI=1S/C32H39F3N8S/c1-20-16-42(11-8-37-20)21(2)17-43-25(15-36)12-27-22(3)23(4-5-29(27)43)18-41-9-6-24(7-10-41)40-30-28-13-26(14-32(33,34)35)44-31(28)39-19-38-30/h4-5,12-13,19-21,24,37H,6-11,14,16-18H2,1-3H3,(H,38,39,40)/t20-,21-/m0/s1. The van der Waals surface area contributed by atoms with Crippen molar-refractivity contribution < 1.29 is 13.2 Å². The lowest BCUT2D eigenvalue weighted by Crippen LogP contribution is -2.53. The summed E-state index contributed by atoms with van der Waals surface area (Å²) in [6, 6.07) is 11.4. The van der Waals surface area contributed by atoms with Crippen LogP contribution in [-0.2, 0) is 19.5 Å². The number of fused-ring (bicyclic) bond motifs is 2. The van der Waals surface area contributed by atoms with Gasteiger partial charge in [-0.05, 0) is 62.9 Å². The lowest BCUT2D eigenvalue weighted by molar-refractivity contribution is -0.126. The van der Waals surface area contributed by atoms with Gasteiger partial charge in [0.15, 0.2) is 0 Å². The number of piperazine rings is 1. The minimum atomic E-state index is -4.25. The molecule has 2 saturated heterocycles. The van der Waals surface area contributed by atoms with Crippen LogP contribution in [0.25, 0.3) is 21.1 Å². The normalized spacial score (nSPS) is 19.9. The zero-order valence-electron chi connectivity index (χ0n) is 25.4. The van der Waals surface area contributed by atoms with Crippen molar-refractivity contribution in [2.24, 2.45) is 0 Å². The highest BCUT2D eigenvalue weighted by atomic mass is 32.1. The van der Waals surface area contributed by atoms with E-state index in [9.17, 15) is 18.4 Å². The van der Waals surface area contributed by atoms with Crippen molar-refractivity contribution in [3.8, 4) is 6.07 Å². The van der Waals surface area contributed by atoms with Gasteiger partial charge in [0.05, 0.1) is 11.8 Å². The van der Waals surface area contributed by atoms with Crippen LogP contribution in [0.15, 0.2) is 30.6 Å². The van der Waals surface area contributed by atoms with E-state index in [4.69, 9.17) is 0 Å². The molecule has 2 fully saturated rings. The molecule has 2 aliphatic heterocycles. The Morgan fingerprint density at radius 2 is 1.95 bits per heavy atom. The van der Waals surface area contributed by atoms with E-state index in [1.54, 1.807) is 6.07 Å². The van der Waals surface area contributed by atoms with Gasteiger partial charge in [0.1, 0.15) is 28.7 Å². The van der Waals surface area contributed by atoms with E-state index in [0.29, 0.717) is 33.8 Å². The highest BCUT2D eigenvalue weighted by Crippen LogP contribution is 2.33. The third-order valence-electron chi connectivity index (χ3n) is 9.13. The molecule has 4 aromatic rings. The van der Waals surface area contributed by atoms with E-state index in [1.165, 1.54) is 17.5 Å². The quantitative estimate of drug-likeness (QED) is 0.261. The summed E-state index contributed by atoms with van der Waals surface area (Å²) < 4.78 is 41.0. The number of rotatable bonds is 8. The molecule has 44 heavy (non-hydrogen) atoms. The molecule has 2 aliphatic rings. The molecule has 0 bridgehead atoms. The predicted octanol–water partition coefficient (Wildman–Crippen LogP) is 5.69. The molecule has 5 heterocycles. The number of likely N-dealkylation sites (tertiary alicyclic amines) is 1. The van der Waals surface area contributed by atoms with E-state index in [-0.39, 0.29) is 10.9 Å². The Morgan fingerprint density at radius 3 is 2.68 bits per heavy atom. The molecule has 0 saturated carbocycles. The molecule has 12 heteroatoms. The Kier molecular flexibility index (Phi) is 8.84. The third-order valence-corrected chi connectivity index (χ3v) is 10.2. The number of nitrogens with zero attached hydrogens (tertiary/aromatic N) is 6. The summed E-state index contributed by atoms with van der Waals surface area (Å²) in [6.07, 6.45) is -1.96. The van der Waals surface area contributed by atoms with Gasteiger partial charge < -0.3 is 15.2 Å². The van der Waals surface area contributed by atoms with Crippen LogP contribution in [0.1, 0.15) is 48.4 Å². The molecule has 2 atom stereocenters. The summed E-state index contributed by atoms with van der Waals surface area (Å²) in [6.45, 7) is 13.1. The van der Waals surface area contributed by atoms with Gasteiger partial charge in [-0.25, -0.2) is 9.97 Å². The Balaban J connectivity index is 1.10. The first-order valence-corrected chi connectivity index (χ1v) is 16.2. The van der Waals surface area contributed by atoms with Crippen molar-refractivity contribution in [1.82, 2.24) is 29.7 Å². The summed E-state index contributed by atoms with van der Waals surface area (Å²) in [5.74, 6) is 0.609. The molecule has 6 rings (SSSR count). The van der Waals surface area contributed by atoms with E-state index < -0.39 is 12.6 Å². The topological polar surface area (TPSA) is 85.0 Å². The monoisotopic (exact) mass is 624 g/mol. The number of anilines is 1. The van der Waals surface area contributed by atoms with Crippen LogP contribution in [0.5, 0.6) is 0 Å². The number of halogens is 3. The molecule has 0 radical (unpaired) electrons. The molecule has 8 nitrogen and oxygen atoms in total. The number of alkyl halides is 3. The maximum atomic E-state index is 12.9. The van der Waals surface area contributed by atoms with Crippen molar-refractivity contribution in [2.75, 3.05) is 38.0 Å². The molecule has 0 amide bonds. The van der Waals surface area contributed by atoms with Crippen molar-refractivity contribution in [2.45, 2.75) is 77.4 Å². The zero-order chi connectivity index (χ0) is 31.0. The van der Waals surface area contributed by atoms with E-state index in [0.717, 1.165) is 80.9 Å². The van der Waals surface area contributed by atoms with Gasteiger partial charge in [0.25, 0.3) is 0 Å². The number of nitrogens with one attached hydrogen (secondary N) is 2. The first kappa shape index (κ1) is 30.8. The van der Waals surface area contributed by atoms with Crippen molar-refractivity contribution in [3.63, 3.8) is 0 Å². The fourth-order valence-corrected chi connectivity index (χ4v) is 7.73. The predicted molar refractivity (Wildman–Crippen MR) is 169 cm³/mol. The highest BCUT2D eigenvalue weighted by Gasteiger charge is 2.29. The number of aromatic nitrogens is 3. The SMILES string of the molecule is Cc1c(CN2CCC(Nc3ncnc4sc(CC(F)(F)F)cc34)CC2)ccc2c1cc(C#N)n2C[C@H](C)N1CCN[C@@H](C)C1. The van der Waals surface area contributed by atoms with Gasteiger partial charge in [-0.2, -0.15) is 18.4 Å². The van der Waals surface area contributed by atoms with E-state index in [1.807, 2.05) is 6.07 Å². The largest absolute Gasteiger partial charge is 0.393 e. The van der Waals surface area contributed by atoms with Crippen LogP contribution in [0, 0.1) is 18.3 Å². The number of nitriles is 1. The summed E-state index contributed by atoms with van der Waals surface area (Å²) in [4.78, 5) is 14.3. The summed E-state index contributed by atoms with van der Waals surface area (Å²) in [5.41, 5.74) is 4.31. The number of piperidine rings is 1. The van der Waals surface area contributed by atoms with Crippen LogP contribution < -0.4 is 10.6 Å². The average Bonchev–Trinajstić information content (AvgIpc) is 3.56. The molecule has 1 aromatic carbocycles. The van der Waals surface area contributed by atoms with Crippen LogP contribution in [0.3, 0.4) is 0 Å². The van der Waals surface area contributed by atoms with Crippen molar-refractivity contribution in [3.05, 3.63) is 52.3 Å². The Labute approximate surface area is 259 Å². The lowest BCUT2D eigenvalue weighted by atomic mass is 10.0. The van der Waals surface area contributed by atoms with Gasteiger partial charge in [-0.1, -0.05) is 6.07 Å². The molecule has 0 aliphatic carbocycles. The average molecular weight is 625 g/mol. The fraction of sp³-hybridized carbons (Fsp3) is 0.531. The smallest absolute Gasteiger partial charge is 0.367 e. The first-order valence-electron chi connectivity index (χ1n) is 15.4. The second-order valence-corrected chi connectivity index (χ2v) is 13.5. The number of benzene rings is 1. The van der Waals surface area contributed by atoms with E-state index >= 15 is 0 Å². The van der Waals surface area contributed by atoms with Crippen LogP contribution in [0.2, 0.25) is 0 Å². The second kappa shape index (κ2) is 12.6. The molecule has 3 aromatic heterocycles. The number of aryl methyl sites for hydroxylation is 1.